The van der Waals surface area contributed by atoms with Crippen molar-refractivity contribution in [2.24, 2.45) is 0 Å². The summed E-state index contributed by atoms with van der Waals surface area (Å²) in [5, 5.41) is 3.28. The molecule has 0 bridgehead atoms. The number of aromatic nitrogens is 2. The Morgan fingerprint density at radius 1 is 1.24 bits per heavy atom. The third-order valence-corrected chi connectivity index (χ3v) is 3.82. The Morgan fingerprint density at radius 2 is 2.00 bits per heavy atom. The van der Waals surface area contributed by atoms with Crippen LogP contribution in [0.5, 0.6) is 5.75 Å². The molecule has 2 aromatic heterocycles. The number of rotatable bonds is 5. The number of ether oxygens (including phenoxy) is 1. The molecule has 0 aliphatic carbocycles. The molecule has 6 nitrogen and oxygen atoms in total. The molecular weight excluding hydrogens is 342 g/mol. The predicted octanol–water partition coefficient (Wildman–Crippen LogP) is 2.47. The van der Waals surface area contributed by atoms with E-state index in [1.807, 2.05) is 13.0 Å². The van der Waals surface area contributed by atoms with Crippen molar-refractivity contribution < 1.29 is 9.53 Å². The zero-order valence-electron chi connectivity index (χ0n) is 13.5. The summed E-state index contributed by atoms with van der Waals surface area (Å²) < 4.78 is 6.86. The van der Waals surface area contributed by atoms with Crippen molar-refractivity contribution in [1.82, 2.24) is 14.7 Å². The van der Waals surface area contributed by atoms with Crippen LogP contribution in [-0.2, 0) is 0 Å². The number of aryl methyl sites for hydroxylation is 1. The first-order chi connectivity index (χ1) is 12.0. The van der Waals surface area contributed by atoms with E-state index in [9.17, 15) is 9.59 Å². The normalized spacial score (nSPS) is 10.6. The van der Waals surface area contributed by atoms with Crippen molar-refractivity contribution in [3.63, 3.8) is 0 Å². The second-order valence-electron chi connectivity index (χ2n) is 5.47. The Kier molecular flexibility index (Phi) is 5.00. The van der Waals surface area contributed by atoms with Crippen molar-refractivity contribution in [3.05, 3.63) is 75.3 Å². The van der Waals surface area contributed by atoms with E-state index in [2.05, 4.69) is 10.3 Å². The molecule has 7 heteroatoms. The van der Waals surface area contributed by atoms with Gasteiger partial charge < -0.3 is 10.1 Å². The average molecular weight is 358 g/mol. The number of nitrogens with zero attached hydrogens (tertiary/aromatic N) is 2. The maximum Gasteiger partial charge on any atom is 0.270 e. The second kappa shape index (κ2) is 7.36. The monoisotopic (exact) mass is 357 g/mol. The van der Waals surface area contributed by atoms with Crippen LogP contribution >= 0.6 is 11.6 Å². The molecule has 0 unspecified atom stereocenters. The molecule has 1 aromatic carbocycles. The summed E-state index contributed by atoms with van der Waals surface area (Å²) in [6, 6.07) is 10.5. The first kappa shape index (κ1) is 17.0. The molecule has 0 atom stereocenters. The van der Waals surface area contributed by atoms with Crippen LogP contribution in [-0.4, -0.2) is 28.4 Å². The van der Waals surface area contributed by atoms with Crippen LogP contribution in [0.4, 0.5) is 0 Å². The van der Waals surface area contributed by atoms with Crippen molar-refractivity contribution in [3.8, 4) is 5.75 Å². The van der Waals surface area contributed by atoms with Crippen molar-refractivity contribution in [1.29, 1.82) is 0 Å². The van der Waals surface area contributed by atoms with Gasteiger partial charge in [0.05, 0.1) is 6.54 Å². The zero-order valence-corrected chi connectivity index (χ0v) is 14.3. The minimum absolute atomic E-state index is 0.00501. The van der Waals surface area contributed by atoms with Gasteiger partial charge in [0.1, 0.15) is 23.6 Å². The first-order valence-electron chi connectivity index (χ1n) is 7.69. The lowest BCUT2D eigenvalue weighted by Gasteiger charge is -2.08. The number of benzene rings is 1. The van der Waals surface area contributed by atoms with Crippen molar-refractivity contribution in [2.45, 2.75) is 6.92 Å². The number of hydrogen-bond donors (Lipinski definition) is 1. The molecule has 25 heavy (non-hydrogen) atoms. The quantitative estimate of drug-likeness (QED) is 0.712. The van der Waals surface area contributed by atoms with Gasteiger partial charge in [-0.15, -0.1) is 0 Å². The van der Waals surface area contributed by atoms with Gasteiger partial charge in [0, 0.05) is 17.4 Å². The highest BCUT2D eigenvalue weighted by Crippen LogP contribution is 2.15. The molecule has 0 saturated heterocycles. The fourth-order valence-electron chi connectivity index (χ4n) is 2.30. The summed E-state index contributed by atoms with van der Waals surface area (Å²) in [6.07, 6.45) is 2.95. The standard InChI is InChI=1S/C18H16ClN3O3/c1-12-2-7-16-21-10-15(18(24)22(16)11-12)17(23)20-8-9-25-14-5-3-13(19)4-6-14/h2-7,10-11H,8-9H2,1H3,(H,20,23). The summed E-state index contributed by atoms with van der Waals surface area (Å²) in [6.45, 7) is 2.40. The van der Waals surface area contributed by atoms with Gasteiger partial charge in [-0.1, -0.05) is 17.7 Å². The predicted molar refractivity (Wildman–Crippen MR) is 95.5 cm³/mol. The molecule has 128 valence electrons. The van der Waals surface area contributed by atoms with Crippen LogP contribution in [0.2, 0.25) is 5.02 Å². The van der Waals surface area contributed by atoms with Crippen LogP contribution < -0.4 is 15.6 Å². The first-order valence-corrected chi connectivity index (χ1v) is 8.07. The number of hydrogen-bond acceptors (Lipinski definition) is 4. The number of fused-ring (bicyclic) bond motifs is 1. The van der Waals surface area contributed by atoms with Crippen molar-refractivity contribution >= 4 is 23.2 Å². The van der Waals surface area contributed by atoms with Gasteiger partial charge in [0.25, 0.3) is 11.5 Å². The molecule has 1 N–H and O–H groups in total. The van der Waals surface area contributed by atoms with Gasteiger partial charge in [0.2, 0.25) is 0 Å². The van der Waals surface area contributed by atoms with E-state index in [-0.39, 0.29) is 18.7 Å². The number of carbonyl (C=O) groups is 1. The van der Waals surface area contributed by atoms with Crippen LogP contribution in [0.3, 0.4) is 0 Å². The van der Waals surface area contributed by atoms with Crippen molar-refractivity contribution in [2.75, 3.05) is 13.2 Å². The highest BCUT2D eigenvalue weighted by atomic mass is 35.5. The molecule has 0 fully saturated rings. The summed E-state index contributed by atoms with van der Waals surface area (Å²) in [5.74, 6) is 0.176. The molecule has 2 heterocycles. The van der Waals surface area contributed by atoms with Crippen LogP contribution in [0.1, 0.15) is 15.9 Å². The van der Waals surface area contributed by atoms with E-state index in [1.54, 1.807) is 36.5 Å². The van der Waals surface area contributed by atoms with Crippen LogP contribution in [0, 0.1) is 6.92 Å². The lowest BCUT2D eigenvalue weighted by atomic mass is 10.2. The van der Waals surface area contributed by atoms with E-state index in [0.717, 1.165) is 5.56 Å². The average Bonchev–Trinajstić information content (AvgIpc) is 2.61. The lowest BCUT2D eigenvalue weighted by molar-refractivity contribution is 0.0945. The Bertz CT molecular complexity index is 967. The molecule has 3 rings (SSSR count). The topological polar surface area (TPSA) is 72.7 Å². The number of halogens is 1. The Hall–Kier alpha value is -2.86. The summed E-state index contributed by atoms with van der Waals surface area (Å²) in [5.41, 5.74) is 1.00. The van der Waals surface area contributed by atoms with Gasteiger partial charge in [-0.2, -0.15) is 0 Å². The summed E-state index contributed by atoms with van der Waals surface area (Å²) in [4.78, 5) is 28.8. The van der Waals surface area contributed by atoms with E-state index >= 15 is 0 Å². The molecule has 1 amide bonds. The maximum atomic E-state index is 12.4. The number of nitrogens with one attached hydrogen (secondary N) is 1. The second-order valence-corrected chi connectivity index (χ2v) is 5.91. The highest BCUT2D eigenvalue weighted by Gasteiger charge is 2.12. The Labute approximate surface area is 149 Å². The third kappa shape index (κ3) is 3.97. The number of pyridine rings is 1. The van der Waals surface area contributed by atoms with E-state index in [0.29, 0.717) is 16.4 Å². The lowest BCUT2D eigenvalue weighted by Crippen LogP contribution is -2.34. The molecule has 0 spiro atoms. The van der Waals surface area contributed by atoms with Gasteiger partial charge in [-0.3, -0.25) is 14.0 Å². The molecule has 0 radical (unpaired) electrons. The zero-order chi connectivity index (χ0) is 17.8. The maximum absolute atomic E-state index is 12.4. The minimum Gasteiger partial charge on any atom is -0.492 e. The van der Waals surface area contributed by atoms with E-state index < -0.39 is 11.5 Å². The minimum atomic E-state index is -0.479. The van der Waals surface area contributed by atoms with Gasteiger partial charge in [-0.05, 0) is 42.8 Å². The van der Waals surface area contributed by atoms with E-state index in [1.165, 1.54) is 10.6 Å². The molecular formula is C18H16ClN3O3. The number of amides is 1. The molecule has 0 aliphatic rings. The molecule has 0 saturated carbocycles. The number of carbonyl (C=O) groups excluding carboxylic acids is 1. The van der Waals surface area contributed by atoms with Gasteiger partial charge >= 0.3 is 0 Å². The van der Waals surface area contributed by atoms with Crippen LogP contribution in [0.25, 0.3) is 5.65 Å². The molecule has 3 aromatic rings. The fourth-order valence-corrected chi connectivity index (χ4v) is 2.42. The Morgan fingerprint density at radius 3 is 2.76 bits per heavy atom. The SMILES string of the molecule is Cc1ccc2ncc(C(=O)NCCOc3ccc(Cl)cc3)c(=O)n2c1. The van der Waals surface area contributed by atoms with Gasteiger partial charge in [0.15, 0.2) is 0 Å². The van der Waals surface area contributed by atoms with E-state index in [4.69, 9.17) is 16.3 Å². The fraction of sp³-hybridized carbons (Fsp3) is 0.167. The summed E-state index contributed by atoms with van der Waals surface area (Å²) >= 11 is 5.80. The van der Waals surface area contributed by atoms with Crippen LogP contribution in [0.15, 0.2) is 53.6 Å². The molecule has 0 aliphatic heterocycles. The third-order valence-electron chi connectivity index (χ3n) is 3.56. The largest absolute Gasteiger partial charge is 0.492 e. The Balaban J connectivity index is 1.63. The van der Waals surface area contributed by atoms with Gasteiger partial charge in [-0.25, -0.2) is 4.98 Å². The smallest absolute Gasteiger partial charge is 0.270 e. The summed E-state index contributed by atoms with van der Waals surface area (Å²) in [7, 11) is 0. The highest BCUT2D eigenvalue weighted by molar-refractivity contribution is 6.30.